The summed E-state index contributed by atoms with van der Waals surface area (Å²) in [5.74, 6) is -2.82. The van der Waals surface area contributed by atoms with Crippen molar-refractivity contribution in [3.8, 4) is 0 Å². The lowest BCUT2D eigenvalue weighted by Crippen LogP contribution is -2.55. The number of nitrogens with two attached hydrogens (primary N) is 1. The van der Waals surface area contributed by atoms with Crippen LogP contribution in [0.15, 0.2) is 24.5 Å². The van der Waals surface area contributed by atoms with Gasteiger partial charge in [-0.15, -0.1) is 0 Å². The fourth-order valence-electron chi connectivity index (χ4n) is 4.15. The number of hydrogen-bond acceptors (Lipinski definition) is 7. The third-order valence-electron chi connectivity index (χ3n) is 6.18. The number of carbonyl (C=O) groups is 4. The molecule has 34 heavy (non-hydrogen) atoms. The number of hydrogen-bond donors (Lipinski definition) is 1. The van der Waals surface area contributed by atoms with Crippen molar-refractivity contribution in [3.05, 3.63) is 30.1 Å². The highest BCUT2D eigenvalue weighted by Crippen LogP contribution is 2.25. The molecule has 1 fully saturated rings. The molecule has 2 heterocycles. The summed E-state index contributed by atoms with van der Waals surface area (Å²) in [6, 6.07) is 3.86. The number of likely N-dealkylation sites (N-methyl/N-ethyl adjacent to an activating group) is 1. The number of amides is 3. The van der Waals surface area contributed by atoms with Crippen LogP contribution < -0.4 is 5.73 Å². The van der Waals surface area contributed by atoms with Crippen LogP contribution in [-0.2, 0) is 30.3 Å². The molecule has 0 radical (unpaired) electrons. The molecule has 1 saturated heterocycles. The zero-order chi connectivity index (χ0) is 25.3. The van der Waals surface area contributed by atoms with Gasteiger partial charge in [0.1, 0.15) is 0 Å². The number of pyridine rings is 1. The summed E-state index contributed by atoms with van der Waals surface area (Å²) in [7, 11) is 0. The number of aromatic nitrogens is 1. The summed E-state index contributed by atoms with van der Waals surface area (Å²) in [4.78, 5) is 55.9. The van der Waals surface area contributed by atoms with Crippen molar-refractivity contribution in [2.45, 2.75) is 59.6 Å². The maximum Gasteiger partial charge on any atom is 0.312 e. The Balaban J connectivity index is 2.04. The number of esters is 1. The van der Waals surface area contributed by atoms with E-state index in [1.165, 1.54) is 16.9 Å². The van der Waals surface area contributed by atoms with Crippen LogP contribution >= 0.6 is 0 Å². The molecule has 2 rings (SSSR count). The minimum absolute atomic E-state index is 0.0271. The number of primary amides is 1. The SMILES string of the molecule is CCN(CC)C(OC(=O)C(C)CN(C(C)=O)N1CCC[C@@H](CCc2ccncc2)C1=O)C(N)=O. The Morgan fingerprint density at radius 2 is 1.88 bits per heavy atom. The largest absolute Gasteiger partial charge is 0.436 e. The zero-order valence-corrected chi connectivity index (χ0v) is 20.6. The Labute approximate surface area is 201 Å². The lowest BCUT2D eigenvalue weighted by Gasteiger charge is -2.40. The highest BCUT2D eigenvalue weighted by atomic mass is 16.6. The molecule has 3 amide bonds. The first-order chi connectivity index (χ1) is 16.2. The second-order valence-corrected chi connectivity index (χ2v) is 8.61. The van der Waals surface area contributed by atoms with Crippen LogP contribution in [0.4, 0.5) is 0 Å². The number of aryl methyl sites for hydroxylation is 1. The minimum Gasteiger partial charge on any atom is -0.436 e. The topological polar surface area (TPSA) is 126 Å². The van der Waals surface area contributed by atoms with E-state index in [-0.39, 0.29) is 24.3 Å². The lowest BCUT2D eigenvalue weighted by molar-refractivity contribution is -0.178. The average Bonchev–Trinajstić information content (AvgIpc) is 2.82. The summed E-state index contributed by atoms with van der Waals surface area (Å²) in [5, 5.41) is 2.78. The number of hydrazine groups is 1. The van der Waals surface area contributed by atoms with E-state index >= 15 is 0 Å². The van der Waals surface area contributed by atoms with Gasteiger partial charge in [0.2, 0.25) is 18.0 Å². The van der Waals surface area contributed by atoms with E-state index < -0.39 is 24.0 Å². The first kappa shape index (κ1) is 27.2. The Morgan fingerprint density at radius 1 is 1.24 bits per heavy atom. The maximum absolute atomic E-state index is 13.2. The molecule has 1 aliphatic heterocycles. The van der Waals surface area contributed by atoms with Gasteiger partial charge >= 0.3 is 5.97 Å². The number of nitrogens with zero attached hydrogens (tertiary/aromatic N) is 4. The number of carbonyl (C=O) groups excluding carboxylic acids is 4. The predicted octanol–water partition coefficient (Wildman–Crippen LogP) is 1.35. The highest BCUT2D eigenvalue weighted by molar-refractivity contribution is 5.84. The molecule has 2 unspecified atom stereocenters. The van der Waals surface area contributed by atoms with Crippen LogP contribution in [0.2, 0.25) is 0 Å². The molecule has 3 atom stereocenters. The van der Waals surface area contributed by atoms with Gasteiger partial charge in [-0.3, -0.25) is 39.1 Å². The van der Waals surface area contributed by atoms with Crippen molar-refractivity contribution >= 4 is 23.7 Å². The summed E-state index contributed by atoms with van der Waals surface area (Å²) in [5.41, 5.74) is 6.54. The smallest absolute Gasteiger partial charge is 0.312 e. The van der Waals surface area contributed by atoms with E-state index in [0.29, 0.717) is 26.1 Å². The van der Waals surface area contributed by atoms with Gasteiger partial charge < -0.3 is 10.5 Å². The zero-order valence-electron chi connectivity index (χ0n) is 20.6. The number of ether oxygens (including phenoxy) is 1. The maximum atomic E-state index is 13.2. The second-order valence-electron chi connectivity index (χ2n) is 8.61. The summed E-state index contributed by atoms with van der Waals surface area (Å²) in [6.07, 6.45) is 5.22. The van der Waals surface area contributed by atoms with Gasteiger partial charge in [-0.05, 0) is 56.5 Å². The summed E-state index contributed by atoms with van der Waals surface area (Å²) >= 11 is 0. The quantitative estimate of drug-likeness (QED) is 0.357. The molecule has 0 bridgehead atoms. The Morgan fingerprint density at radius 3 is 2.44 bits per heavy atom. The third-order valence-corrected chi connectivity index (χ3v) is 6.18. The van der Waals surface area contributed by atoms with Gasteiger partial charge in [0.25, 0.3) is 5.91 Å². The van der Waals surface area contributed by atoms with Crippen molar-refractivity contribution < 1.29 is 23.9 Å². The summed E-state index contributed by atoms with van der Waals surface area (Å²) in [6.45, 7) is 7.99. The van der Waals surface area contributed by atoms with E-state index in [9.17, 15) is 19.2 Å². The minimum atomic E-state index is -1.18. The fourth-order valence-corrected chi connectivity index (χ4v) is 4.15. The first-order valence-corrected chi connectivity index (χ1v) is 11.9. The Bertz CT molecular complexity index is 845. The fraction of sp³-hybridized carbons (Fsp3) is 0.625. The molecule has 0 saturated carbocycles. The van der Waals surface area contributed by atoms with E-state index in [2.05, 4.69) is 4.98 Å². The second kappa shape index (κ2) is 13.0. The van der Waals surface area contributed by atoms with E-state index in [4.69, 9.17) is 10.5 Å². The molecule has 0 aromatic carbocycles. The van der Waals surface area contributed by atoms with Crippen LogP contribution in [0.25, 0.3) is 0 Å². The van der Waals surface area contributed by atoms with Crippen molar-refractivity contribution in [2.24, 2.45) is 17.6 Å². The molecule has 2 N–H and O–H groups in total. The standard InChI is InChI=1S/C24H37N5O5/c1-5-27(6-2)23(21(25)31)34-24(33)17(3)16-29(18(4)30)28-15-7-8-20(22(28)32)10-9-19-11-13-26-14-12-19/h11-14,17,20,23H,5-10,15-16H2,1-4H3,(H2,25,31)/t17?,20-,23?/m0/s1. The van der Waals surface area contributed by atoms with Crippen LogP contribution in [0, 0.1) is 11.8 Å². The van der Waals surface area contributed by atoms with Crippen LogP contribution in [0.5, 0.6) is 0 Å². The first-order valence-electron chi connectivity index (χ1n) is 11.9. The van der Waals surface area contributed by atoms with Crippen molar-refractivity contribution in [1.82, 2.24) is 19.9 Å². The molecule has 1 aromatic heterocycles. The van der Waals surface area contributed by atoms with Crippen molar-refractivity contribution in [1.29, 1.82) is 0 Å². The van der Waals surface area contributed by atoms with Gasteiger partial charge in [-0.1, -0.05) is 20.8 Å². The van der Waals surface area contributed by atoms with Crippen molar-refractivity contribution in [3.63, 3.8) is 0 Å². The number of piperidine rings is 1. The van der Waals surface area contributed by atoms with Gasteiger partial charge in [-0.2, -0.15) is 0 Å². The van der Waals surface area contributed by atoms with Gasteiger partial charge in [0.05, 0.1) is 12.5 Å². The average molecular weight is 476 g/mol. The van der Waals surface area contributed by atoms with Gasteiger partial charge in [0.15, 0.2) is 0 Å². The van der Waals surface area contributed by atoms with E-state index in [0.717, 1.165) is 24.8 Å². The van der Waals surface area contributed by atoms with Crippen LogP contribution in [0.1, 0.15) is 52.5 Å². The molecule has 1 aliphatic rings. The molecule has 10 heteroatoms. The molecular weight excluding hydrogens is 438 g/mol. The Hall–Kier alpha value is -3.01. The van der Waals surface area contributed by atoms with Gasteiger partial charge in [-0.25, -0.2) is 0 Å². The van der Waals surface area contributed by atoms with E-state index in [1.807, 2.05) is 26.0 Å². The van der Waals surface area contributed by atoms with Crippen molar-refractivity contribution in [2.75, 3.05) is 26.2 Å². The Kier molecular flexibility index (Phi) is 10.4. The predicted molar refractivity (Wildman–Crippen MR) is 126 cm³/mol. The molecule has 188 valence electrons. The molecule has 10 nitrogen and oxygen atoms in total. The van der Waals surface area contributed by atoms with Gasteiger partial charge in [0, 0.05) is 31.8 Å². The third kappa shape index (κ3) is 7.24. The van der Waals surface area contributed by atoms with Crippen LogP contribution in [0.3, 0.4) is 0 Å². The molecule has 0 spiro atoms. The lowest BCUT2D eigenvalue weighted by atomic mass is 9.91. The monoisotopic (exact) mass is 475 g/mol. The normalized spacial score (nSPS) is 17.9. The van der Waals surface area contributed by atoms with E-state index in [1.54, 1.807) is 24.2 Å². The highest BCUT2D eigenvalue weighted by Gasteiger charge is 2.36. The van der Waals surface area contributed by atoms with Crippen LogP contribution in [-0.4, -0.2) is 76.0 Å². The molecule has 0 aliphatic carbocycles. The molecule has 1 aromatic rings. The summed E-state index contributed by atoms with van der Waals surface area (Å²) < 4.78 is 5.39. The molecular formula is C24H37N5O5. The number of rotatable bonds is 12.